The smallest absolute Gasteiger partial charge is 0.407 e. The molecule has 2 amide bonds. The zero-order valence-corrected chi connectivity index (χ0v) is 19.2. The minimum Gasteiger partial charge on any atom is -0.467 e. The first-order chi connectivity index (χ1) is 14.9. The van der Waals surface area contributed by atoms with Gasteiger partial charge in [-0.3, -0.25) is 4.79 Å². The summed E-state index contributed by atoms with van der Waals surface area (Å²) in [6.45, 7) is -0.0658. The van der Waals surface area contributed by atoms with Crippen LogP contribution in [0.4, 0.5) is 4.79 Å². The lowest BCUT2D eigenvalue weighted by Crippen LogP contribution is -2.45. The molecule has 0 spiro atoms. The van der Waals surface area contributed by atoms with Crippen molar-refractivity contribution in [2.45, 2.75) is 31.6 Å². The first kappa shape index (κ1) is 24.6. The summed E-state index contributed by atoms with van der Waals surface area (Å²) >= 11 is 2.18. The molecule has 0 heterocycles. The molecule has 0 radical (unpaired) electrons. The average molecular weight is 540 g/mol. The number of hydrogen-bond acceptors (Lipinski definition) is 6. The molecule has 31 heavy (non-hydrogen) atoms. The molecule has 0 aliphatic heterocycles. The molecule has 2 atom stereocenters. The van der Waals surface area contributed by atoms with Gasteiger partial charge in [0, 0.05) is 16.5 Å². The summed E-state index contributed by atoms with van der Waals surface area (Å²) in [7, 11) is 1.25. The summed E-state index contributed by atoms with van der Waals surface area (Å²) in [5, 5.41) is 15.0. The molecule has 2 aromatic carbocycles. The van der Waals surface area contributed by atoms with E-state index >= 15 is 0 Å². The molecule has 0 saturated carbocycles. The quantitative estimate of drug-likeness (QED) is 0.315. The molecule has 0 aromatic heterocycles. The Balaban J connectivity index is 1.76. The van der Waals surface area contributed by atoms with Gasteiger partial charge in [0.15, 0.2) is 0 Å². The van der Waals surface area contributed by atoms with Crippen LogP contribution in [0.3, 0.4) is 0 Å². The van der Waals surface area contributed by atoms with Crippen LogP contribution in [0.25, 0.3) is 0 Å². The summed E-state index contributed by atoms with van der Waals surface area (Å²) in [6, 6.07) is 15.8. The normalized spacial score (nSPS) is 12.4. The van der Waals surface area contributed by atoms with Crippen LogP contribution in [0.5, 0.6) is 0 Å². The monoisotopic (exact) mass is 540 g/mol. The van der Waals surface area contributed by atoms with E-state index < -0.39 is 30.1 Å². The SMILES string of the molecule is COC(=O)[C@@H](Cc1ccc(I)cc1)NC(=O)C[C@H](O)CNC(=O)OCc1ccccc1. The maximum absolute atomic E-state index is 12.3. The molecule has 3 N–H and O–H groups in total. The van der Waals surface area contributed by atoms with Crippen LogP contribution in [0, 0.1) is 3.57 Å². The third-order valence-electron chi connectivity index (χ3n) is 4.29. The van der Waals surface area contributed by atoms with Gasteiger partial charge in [0.25, 0.3) is 0 Å². The predicted molar refractivity (Wildman–Crippen MR) is 122 cm³/mol. The fourth-order valence-electron chi connectivity index (χ4n) is 2.71. The molecule has 8 nitrogen and oxygen atoms in total. The molecular formula is C22H25IN2O6. The molecule has 0 aliphatic carbocycles. The first-order valence-electron chi connectivity index (χ1n) is 9.61. The van der Waals surface area contributed by atoms with Crippen molar-refractivity contribution in [1.82, 2.24) is 10.6 Å². The number of aliphatic hydroxyl groups is 1. The minimum atomic E-state index is -1.14. The standard InChI is InChI=1S/C22H25IN2O6/c1-30-21(28)19(11-15-7-9-17(23)10-8-15)25-20(27)12-18(26)13-24-22(29)31-14-16-5-3-2-4-6-16/h2-10,18-19,26H,11-14H2,1H3,(H,24,29)(H,25,27)/t18-,19+/m0/s1. The number of amides is 2. The second-order valence-corrected chi connectivity index (χ2v) is 8.02. The number of halogens is 1. The van der Waals surface area contributed by atoms with Crippen molar-refractivity contribution in [3.05, 3.63) is 69.3 Å². The van der Waals surface area contributed by atoms with Crippen LogP contribution in [0.2, 0.25) is 0 Å². The van der Waals surface area contributed by atoms with Gasteiger partial charge in [-0.15, -0.1) is 0 Å². The number of alkyl carbamates (subject to hydrolysis) is 1. The Morgan fingerprint density at radius 2 is 1.71 bits per heavy atom. The highest BCUT2D eigenvalue weighted by atomic mass is 127. The lowest BCUT2D eigenvalue weighted by molar-refractivity contribution is -0.145. The highest BCUT2D eigenvalue weighted by Gasteiger charge is 2.23. The van der Waals surface area contributed by atoms with Gasteiger partial charge in [-0.1, -0.05) is 42.5 Å². The number of ether oxygens (including phenoxy) is 2. The van der Waals surface area contributed by atoms with E-state index in [9.17, 15) is 19.5 Å². The number of nitrogens with one attached hydrogen (secondary N) is 2. The molecule has 2 rings (SSSR count). The summed E-state index contributed by atoms with van der Waals surface area (Å²) in [4.78, 5) is 36.0. The number of esters is 1. The van der Waals surface area contributed by atoms with Crippen molar-refractivity contribution in [2.24, 2.45) is 0 Å². The number of hydrogen-bond donors (Lipinski definition) is 3. The number of aliphatic hydroxyl groups excluding tert-OH is 1. The minimum absolute atomic E-state index is 0.0998. The van der Waals surface area contributed by atoms with Crippen molar-refractivity contribution >= 4 is 40.6 Å². The summed E-state index contributed by atoms with van der Waals surface area (Å²) in [6.07, 6.45) is -1.87. The van der Waals surface area contributed by atoms with Crippen LogP contribution < -0.4 is 10.6 Å². The predicted octanol–water partition coefficient (Wildman–Crippen LogP) is 2.17. The largest absolute Gasteiger partial charge is 0.467 e. The highest BCUT2D eigenvalue weighted by Crippen LogP contribution is 2.10. The average Bonchev–Trinajstić information content (AvgIpc) is 2.77. The summed E-state index contributed by atoms with van der Waals surface area (Å²) in [5.74, 6) is -1.11. The van der Waals surface area contributed by atoms with Crippen LogP contribution in [-0.2, 0) is 32.1 Å². The molecule has 0 aliphatic rings. The van der Waals surface area contributed by atoms with E-state index in [1.54, 1.807) is 0 Å². The fourth-order valence-corrected chi connectivity index (χ4v) is 3.07. The molecule has 0 bridgehead atoms. The molecule has 2 aromatic rings. The summed E-state index contributed by atoms with van der Waals surface area (Å²) in [5.41, 5.74) is 1.69. The van der Waals surface area contributed by atoms with E-state index in [-0.39, 0.29) is 26.0 Å². The Labute approximate surface area is 194 Å². The van der Waals surface area contributed by atoms with Crippen LogP contribution in [-0.4, -0.2) is 48.9 Å². The number of methoxy groups -OCH3 is 1. The zero-order chi connectivity index (χ0) is 22.6. The van der Waals surface area contributed by atoms with Crippen molar-refractivity contribution in [3.8, 4) is 0 Å². The molecule has 9 heteroatoms. The van der Waals surface area contributed by atoms with E-state index in [4.69, 9.17) is 9.47 Å². The van der Waals surface area contributed by atoms with Gasteiger partial charge in [-0.2, -0.15) is 0 Å². The van der Waals surface area contributed by atoms with Gasteiger partial charge in [0.05, 0.1) is 19.6 Å². The molecule has 0 unspecified atom stereocenters. The van der Waals surface area contributed by atoms with Gasteiger partial charge >= 0.3 is 12.1 Å². The van der Waals surface area contributed by atoms with Gasteiger partial charge in [-0.05, 0) is 45.9 Å². The van der Waals surface area contributed by atoms with E-state index in [1.807, 2.05) is 54.6 Å². The van der Waals surface area contributed by atoms with Crippen LogP contribution in [0.1, 0.15) is 17.5 Å². The lowest BCUT2D eigenvalue weighted by atomic mass is 10.1. The fraction of sp³-hybridized carbons (Fsp3) is 0.318. The van der Waals surface area contributed by atoms with Gasteiger partial charge in [-0.25, -0.2) is 9.59 Å². The van der Waals surface area contributed by atoms with Crippen molar-refractivity contribution in [3.63, 3.8) is 0 Å². The Kier molecular flexibility index (Phi) is 10.2. The lowest BCUT2D eigenvalue weighted by Gasteiger charge is -2.18. The number of carbonyl (C=O) groups is 3. The van der Waals surface area contributed by atoms with Gasteiger partial charge in [0.2, 0.25) is 5.91 Å². The zero-order valence-electron chi connectivity index (χ0n) is 17.0. The van der Waals surface area contributed by atoms with Crippen molar-refractivity contribution in [1.29, 1.82) is 0 Å². The van der Waals surface area contributed by atoms with E-state index in [1.165, 1.54) is 7.11 Å². The van der Waals surface area contributed by atoms with E-state index in [0.29, 0.717) is 0 Å². The Morgan fingerprint density at radius 1 is 1.03 bits per heavy atom. The molecule has 166 valence electrons. The first-order valence-corrected chi connectivity index (χ1v) is 10.7. The molecule has 0 fully saturated rings. The van der Waals surface area contributed by atoms with Crippen LogP contribution >= 0.6 is 22.6 Å². The van der Waals surface area contributed by atoms with Gasteiger partial charge in [0.1, 0.15) is 12.6 Å². The topological polar surface area (TPSA) is 114 Å². The molecule has 0 saturated heterocycles. The maximum atomic E-state index is 12.3. The third-order valence-corrected chi connectivity index (χ3v) is 5.01. The third kappa shape index (κ3) is 9.35. The molecular weight excluding hydrogens is 515 g/mol. The maximum Gasteiger partial charge on any atom is 0.407 e. The van der Waals surface area contributed by atoms with Crippen molar-refractivity contribution in [2.75, 3.05) is 13.7 Å². The summed E-state index contributed by atoms with van der Waals surface area (Å²) < 4.78 is 10.9. The second-order valence-electron chi connectivity index (χ2n) is 6.77. The van der Waals surface area contributed by atoms with E-state index in [0.717, 1.165) is 14.7 Å². The van der Waals surface area contributed by atoms with E-state index in [2.05, 4.69) is 33.2 Å². The Morgan fingerprint density at radius 3 is 2.35 bits per heavy atom. The number of rotatable bonds is 10. The van der Waals surface area contributed by atoms with Gasteiger partial charge < -0.3 is 25.2 Å². The van der Waals surface area contributed by atoms with Crippen LogP contribution in [0.15, 0.2) is 54.6 Å². The van der Waals surface area contributed by atoms with Crippen molar-refractivity contribution < 1.29 is 29.0 Å². The number of benzene rings is 2. The second kappa shape index (κ2) is 12.9. The number of carbonyl (C=O) groups excluding carboxylic acids is 3. The Bertz CT molecular complexity index is 860. The highest BCUT2D eigenvalue weighted by molar-refractivity contribution is 14.1. The Hall–Kier alpha value is -2.66.